The first-order valence-corrected chi connectivity index (χ1v) is 7.23. The van der Waals surface area contributed by atoms with Crippen molar-refractivity contribution in [3.05, 3.63) is 11.1 Å². The molecule has 0 aliphatic carbocycles. The standard InChI is InChI=1S/C13H20N2O2S/c1-4-6-7-10(5-2)12(17)15-13-14-11(8-18-13)9(3)16/h8,10H,4-7H2,1-3H3,(H,14,15,17). The van der Waals surface area contributed by atoms with Gasteiger partial charge in [-0.2, -0.15) is 0 Å². The Balaban J connectivity index is 2.58. The number of anilines is 1. The van der Waals surface area contributed by atoms with Gasteiger partial charge < -0.3 is 5.32 Å². The molecule has 5 heteroatoms. The Morgan fingerprint density at radius 2 is 2.17 bits per heavy atom. The molecule has 0 aliphatic heterocycles. The van der Waals surface area contributed by atoms with Gasteiger partial charge in [-0.3, -0.25) is 9.59 Å². The van der Waals surface area contributed by atoms with E-state index >= 15 is 0 Å². The zero-order chi connectivity index (χ0) is 13.5. The number of carbonyl (C=O) groups excluding carboxylic acids is 2. The summed E-state index contributed by atoms with van der Waals surface area (Å²) in [4.78, 5) is 27.2. The van der Waals surface area contributed by atoms with Crippen LogP contribution in [-0.4, -0.2) is 16.7 Å². The van der Waals surface area contributed by atoms with Crippen LogP contribution in [0.2, 0.25) is 0 Å². The number of thiazole rings is 1. The summed E-state index contributed by atoms with van der Waals surface area (Å²) >= 11 is 1.29. The summed E-state index contributed by atoms with van der Waals surface area (Å²) in [7, 11) is 0. The van der Waals surface area contributed by atoms with Crippen molar-refractivity contribution in [1.29, 1.82) is 0 Å². The largest absolute Gasteiger partial charge is 0.302 e. The Hall–Kier alpha value is -1.23. The molecule has 0 bridgehead atoms. The molecule has 1 rings (SSSR count). The predicted molar refractivity (Wildman–Crippen MR) is 74.1 cm³/mol. The normalized spacial score (nSPS) is 12.2. The van der Waals surface area contributed by atoms with Crippen LogP contribution in [0.25, 0.3) is 0 Å². The molecule has 0 aromatic carbocycles. The number of carbonyl (C=O) groups is 2. The molecule has 1 aromatic rings. The minimum Gasteiger partial charge on any atom is -0.302 e. The summed E-state index contributed by atoms with van der Waals surface area (Å²) in [5, 5.41) is 4.98. The van der Waals surface area contributed by atoms with Crippen molar-refractivity contribution < 1.29 is 9.59 Å². The van der Waals surface area contributed by atoms with E-state index in [1.165, 1.54) is 18.3 Å². The second kappa shape index (κ2) is 7.26. The van der Waals surface area contributed by atoms with Gasteiger partial charge in [0, 0.05) is 18.2 Å². The van der Waals surface area contributed by atoms with Crippen LogP contribution < -0.4 is 5.32 Å². The van der Waals surface area contributed by atoms with Gasteiger partial charge in [-0.1, -0.05) is 26.7 Å². The Labute approximate surface area is 112 Å². The number of amides is 1. The van der Waals surface area contributed by atoms with E-state index in [0.29, 0.717) is 10.8 Å². The summed E-state index contributed by atoms with van der Waals surface area (Å²) in [5.41, 5.74) is 0.414. The maximum Gasteiger partial charge on any atom is 0.229 e. The van der Waals surface area contributed by atoms with Crippen LogP contribution in [0.1, 0.15) is 56.9 Å². The second-order valence-electron chi connectivity index (χ2n) is 4.33. The van der Waals surface area contributed by atoms with Gasteiger partial charge in [0.05, 0.1) is 0 Å². The van der Waals surface area contributed by atoms with Crippen molar-refractivity contribution >= 4 is 28.2 Å². The summed E-state index contributed by atoms with van der Waals surface area (Å²) in [6, 6.07) is 0. The van der Waals surface area contributed by atoms with Crippen LogP contribution >= 0.6 is 11.3 Å². The Morgan fingerprint density at radius 1 is 1.44 bits per heavy atom. The number of Topliss-reactive ketones (excluding diaryl/α,β-unsaturated/α-hetero) is 1. The highest BCUT2D eigenvalue weighted by Crippen LogP contribution is 2.19. The number of rotatable bonds is 7. The zero-order valence-electron chi connectivity index (χ0n) is 11.2. The monoisotopic (exact) mass is 268 g/mol. The van der Waals surface area contributed by atoms with E-state index in [2.05, 4.69) is 17.2 Å². The molecule has 1 unspecified atom stereocenters. The maximum atomic E-state index is 12.0. The number of nitrogens with zero attached hydrogens (tertiary/aromatic N) is 1. The Bertz CT molecular complexity index is 415. The van der Waals surface area contributed by atoms with Crippen LogP contribution in [0, 0.1) is 5.92 Å². The van der Waals surface area contributed by atoms with Gasteiger partial charge >= 0.3 is 0 Å². The summed E-state index contributed by atoms with van der Waals surface area (Å²) < 4.78 is 0. The van der Waals surface area contributed by atoms with E-state index in [1.807, 2.05) is 6.92 Å². The van der Waals surface area contributed by atoms with Crippen molar-refractivity contribution in [2.24, 2.45) is 5.92 Å². The van der Waals surface area contributed by atoms with E-state index in [4.69, 9.17) is 0 Å². The smallest absolute Gasteiger partial charge is 0.229 e. The Morgan fingerprint density at radius 3 is 2.67 bits per heavy atom. The average molecular weight is 268 g/mol. The molecule has 1 N–H and O–H groups in total. The van der Waals surface area contributed by atoms with Crippen molar-refractivity contribution in [2.45, 2.75) is 46.5 Å². The highest BCUT2D eigenvalue weighted by molar-refractivity contribution is 7.14. The minimum atomic E-state index is -0.0789. The first-order chi connectivity index (χ1) is 8.58. The van der Waals surface area contributed by atoms with Gasteiger partial charge in [-0.25, -0.2) is 4.98 Å². The second-order valence-corrected chi connectivity index (χ2v) is 5.19. The van der Waals surface area contributed by atoms with Gasteiger partial charge in [0.15, 0.2) is 10.9 Å². The third-order valence-electron chi connectivity index (χ3n) is 2.86. The number of hydrogen-bond acceptors (Lipinski definition) is 4. The number of ketones is 1. The van der Waals surface area contributed by atoms with Crippen molar-refractivity contribution in [3.63, 3.8) is 0 Å². The SMILES string of the molecule is CCCCC(CC)C(=O)Nc1nc(C(C)=O)cs1. The molecule has 4 nitrogen and oxygen atoms in total. The van der Waals surface area contributed by atoms with Gasteiger partial charge in [0.1, 0.15) is 5.69 Å². The first-order valence-electron chi connectivity index (χ1n) is 6.35. The molecule has 0 radical (unpaired) electrons. The first kappa shape index (κ1) is 14.8. The third-order valence-corrected chi connectivity index (χ3v) is 3.62. The molecular formula is C13H20N2O2S. The number of aromatic nitrogens is 1. The van der Waals surface area contributed by atoms with E-state index < -0.39 is 0 Å². The summed E-state index contributed by atoms with van der Waals surface area (Å²) in [6.45, 7) is 5.60. The molecule has 18 heavy (non-hydrogen) atoms. The lowest BCUT2D eigenvalue weighted by Gasteiger charge is -2.12. The molecule has 1 aromatic heterocycles. The predicted octanol–water partition coefficient (Wildman–Crippen LogP) is 3.50. The van der Waals surface area contributed by atoms with Crippen LogP contribution in [0.15, 0.2) is 5.38 Å². The molecule has 1 atom stereocenters. The van der Waals surface area contributed by atoms with Crippen LogP contribution in [0.3, 0.4) is 0 Å². The molecule has 0 aliphatic rings. The molecule has 100 valence electrons. The fourth-order valence-corrected chi connectivity index (χ4v) is 2.42. The highest BCUT2D eigenvalue weighted by Gasteiger charge is 2.17. The summed E-state index contributed by atoms with van der Waals surface area (Å²) in [5.74, 6) is -0.0326. The zero-order valence-corrected chi connectivity index (χ0v) is 12.0. The molecule has 0 saturated carbocycles. The van der Waals surface area contributed by atoms with Gasteiger partial charge in [0.25, 0.3) is 0 Å². The number of unbranched alkanes of at least 4 members (excludes halogenated alkanes) is 1. The third kappa shape index (κ3) is 4.22. The van der Waals surface area contributed by atoms with E-state index in [0.717, 1.165) is 25.7 Å². The molecular weight excluding hydrogens is 248 g/mol. The van der Waals surface area contributed by atoms with Gasteiger partial charge in [-0.05, 0) is 12.8 Å². The molecule has 0 fully saturated rings. The van der Waals surface area contributed by atoms with E-state index in [-0.39, 0.29) is 17.6 Å². The lowest BCUT2D eigenvalue weighted by Crippen LogP contribution is -2.22. The van der Waals surface area contributed by atoms with Crippen LogP contribution in [0.5, 0.6) is 0 Å². The van der Waals surface area contributed by atoms with Crippen molar-refractivity contribution in [3.8, 4) is 0 Å². The number of hydrogen-bond donors (Lipinski definition) is 1. The minimum absolute atomic E-state index is 0.00963. The highest BCUT2D eigenvalue weighted by atomic mass is 32.1. The van der Waals surface area contributed by atoms with E-state index in [9.17, 15) is 9.59 Å². The van der Waals surface area contributed by atoms with Crippen molar-refractivity contribution in [1.82, 2.24) is 4.98 Å². The molecule has 1 heterocycles. The van der Waals surface area contributed by atoms with Crippen LogP contribution in [-0.2, 0) is 4.79 Å². The molecule has 1 amide bonds. The van der Waals surface area contributed by atoms with Gasteiger partial charge in [-0.15, -0.1) is 11.3 Å². The van der Waals surface area contributed by atoms with Crippen LogP contribution in [0.4, 0.5) is 5.13 Å². The van der Waals surface area contributed by atoms with E-state index in [1.54, 1.807) is 5.38 Å². The van der Waals surface area contributed by atoms with Crippen molar-refractivity contribution in [2.75, 3.05) is 5.32 Å². The fraction of sp³-hybridized carbons (Fsp3) is 0.615. The number of nitrogens with one attached hydrogen (secondary N) is 1. The Kier molecular flexibility index (Phi) is 5.98. The van der Waals surface area contributed by atoms with Gasteiger partial charge in [0.2, 0.25) is 5.91 Å². The quantitative estimate of drug-likeness (QED) is 0.770. The average Bonchev–Trinajstić information content (AvgIpc) is 2.78. The lowest BCUT2D eigenvalue weighted by molar-refractivity contribution is -0.120. The topological polar surface area (TPSA) is 59.1 Å². The lowest BCUT2D eigenvalue weighted by atomic mass is 9.99. The molecule has 0 saturated heterocycles. The molecule has 0 spiro atoms. The summed E-state index contributed by atoms with van der Waals surface area (Å²) in [6.07, 6.45) is 3.89. The fourth-order valence-electron chi connectivity index (χ4n) is 1.67. The maximum absolute atomic E-state index is 12.0.